The molecule has 0 bridgehead atoms. The number of hydrogen-bond donors (Lipinski definition) is 0. The van der Waals surface area contributed by atoms with Gasteiger partial charge in [-0.25, -0.2) is 4.79 Å². The Morgan fingerprint density at radius 1 is 1.06 bits per heavy atom. The summed E-state index contributed by atoms with van der Waals surface area (Å²) in [6, 6.07) is 10.9. The third-order valence-electron chi connectivity index (χ3n) is 5.70. The number of imide groups is 1. The van der Waals surface area contributed by atoms with Crippen molar-refractivity contribution >= 4 is 29.7 Å². The molecular formula is C24H23N4O6+. The number of nitro benzene ring substituents is 1. The van der Waals surface area contributed by atoms with Crippen LogP contribution in [0.3, 0.4) is 0 Å². The van der Waals surface area contributed by atoms with Gasteiger partial charge in [-0.2, -0.15) is 9.48 Å². The van der Waals surface area contributed by atoms with Crippen molar-refractivity contribution in [3.05, 3.63) is 75.9 Å². The molecule has 1 atom stereocenters. The van der Waals surface area contributed by atoms with Crippen LogP contribution in [0.2, 0.25) is 0 Å². The molecule has 0 spiro atoms. The first kappa shape index (κ1) is 22.8. The molecule has 2 aromatic rings. The number of carbonyl (C=O) groups is 2. The van der Waals surface area contributed by atoms with Gasteiger partial charge in [-0.05, 0) is 41.5 Å². The van der Waals surface area contributed by atoms with Gasteiger partial charge in [0.05, 0.1) is 25.7 Å². The summed E-state index contributed by atoms with van der Waals surface area (Å²) < 4.78 is 12.0. The largest absolute Gasteiger partial charge is 0.493 e. The highest BCUT2D eigenvalue weighted by atomic mass is 16.6. The quantitative estimate of drug-likeness (QED) is 0.338. The van der Waals surface area contributed by atoms with Crippen LogP contribution in [-0.2, 0) is 17.8 Å². The summed E-state index contributed by atoms with van der Waals surface area (Å²) in [5.74, 6) is 0.490. The zero-order chi connectivity index (χ0) is 24.2. The number of methoxy groups -OCH3 is 2. The molecule has 2 heterocycles. The Morgan fingerprint density at radius 3 is 2.44 bits per heavy atom. The first-order valence-corrected chi connectivity index (χ1v) is 10.6. The number of amides is 3. The van der Waals surface area contributed by atoms with Crippen LogP contribution >= 0.6 is 0 Å². The van der Waals surface area contributed by atoms with Gasteiger partial charge in [-0.15, -0.1) is 4.99 Å². The van der Waals surface area contributed by atoms with E-state index in [1.807, 2.05) is 12.1 Å². The number of non-ortho nitro benzene ring substituents is 1. The van der Waals surface area contributed by atoms with Crippen LogP contribution < -0.4 is 9.47 Å². The fraction of sp³-hybridized carbons (Fsp3) is 0.250. The number of allylic oxidation sites excluding steroid dienone is 1. The van der Waals surface area contributed by atoms with Gasteiger partial charge in [-0.1, -0.05) is 12.1 Å². The van der Waals surface area contributed by atoms with Crippen molar-refractivity contribution in [2.75, 3.05) is 20.8 Å². The zero-order valence-electron chi connectivity index (χ0n) is 18.7. The normalized spacial score (nSPS) is 17.1. The molecule has 174 valence electrons. The summed E-state index contributed by atoms with van der Waals surface area (Å²) in [5.41, 5.74) is 1.53. The smallest absolute Gasteiger partial charge is 0.446 e. The molecule has 4 rings (SSSR count). The molecule has 2 aromatic carbocycles. The average molecular weight is 463 g/mol. The highest BCUT2D eigenvalue weighted by Crippen LogP contribution is 2.28. The Hall–Kier alpha value is -4.34. The van der Waals surface area contributed by atoms with Crippen molar-refractivity contribution in [2.24, 2.45) is 10.9 Å². The van der Waals surface area contributed by atoms with E-state index in [2.05, 4.69) is 4.99 Å². The molecule has 0 N–H and O–H groups in total. The van der Waals surface area contributed by atoms with E-state index in [1.54, 1.807) is 44.6 Å². The van der Waals surface area contributed by atoms with Gasteiger partial charge in [0.2, 0.25) is 0 Å². The highest BCUT2D eigenvalue weighted by Gasteiger charge is 2.46. The lowest BCUT2D eigenvalue weighted by molar-refractivity contribution is -0.458. The van der Waals surface area contributed by atoms with Crippen molar-refractivity contribution < 1.29 is 28.6 Å². The molecule has 0 aromatic heterocycles. The van der Waals surface area contributed by atoms with Crippen LogP contribution in [0.5, 0.6) is 11.5 Å². The summed E-state index contributed by atoms with van der Waals surface area (Å²) in [6.07, 6.45) is 5.36. The van der Waals surface area contributed by atoms with Gasteiger partial charge in [0.25, 0.3) is 11.5 Å². The fourth-order valence-electron chi connectivity index (χ4n) is 3.92. The Balaban J connectivity index is 1.59. The maximum atomic E-state index is 13.4. The number of benzene rings is 2. The number of nitro groups is 1. The SMILES string of the molecule is COc1ccc(CCN2C(=O)C3C=CC=NC3=[N+](Cc3ccc([N+](=O)[O-])cc3)C2=O)cc1OC. The minimum atomic E-state index is -0.675. The van der Waals surface area contributed by atoms with E-state index >= 15 is 0 Å². The maximum Gasteiger partial charge on any atom is 0.446 e. The van der Waals surface area contributed by atoms with Crippen LogP contribution in [0.4, 0.5) is 10.5 Å². The van der Waals surface area contributed by atoms with Crippen LogP contribution in [0.25, 0.3) is 0 Å². The number of amidine groups is 1. The molecule has 3 amide bonds. The number of nitrogens with zero attached hydrogens (tertiary/aromatic N) is 4. The van der Waals surface area contributed by atoms with Crippen LogP contribution in [0, 0.1) is 16.0 Å². The second kappa shape index (κ2) is 9.65. The molecule has 0 saturated heterocycles. The van der Waals surface area contributed by atoms with Gasteiger partial charge in [-0.3, -0.25) is 14.9 Å². The Kier molecular flexibility index (Phi) is 6.48. The topological polar surface area (TPSA) is 114 Å². The van der Waals surface area contributed by atoms with E-state index in [0.717, 1.165) is 5.56 Å². The molecule has 0 radical (unpaired) electrons. The van der Waals surface area contributed by atoms with E-state index in [0.29, 0.717) is 29.3 Å². The van der Waals surface area contributed by atoms with Crippen molar-refractivity contribution in [1.29, 1.82) is 0 Å². The maximum absolute atomic E-state index is 13.4. The molecule has 0 saturated carbocycles. The van der Waals surface area contributed by atoms with Gasteiger partial charge in [0.1, 0.15) is 12.8 Å². The lowest BCUT2D eigenvalue weighted by Gasteiger charge is -2.27. The predicted octanol–water partition coefficient (Wildman–Crippen LogP) is 2.98. The van der Waals surface area contributed by atoms with E-state index in [1.165, 1.54) is 27.8 Å². The third-order valence-corrected chi connectivity index (χ3v) is 5.70. The van der Waals surface area contributed by atoms with Gasteiger partial charge < -0.3 is 9.47 Å². The molecule has 34 heavy (non-hydrogen) atoms. The van der Waals surface area contributed by atoms with E-state index in [4.69, 9.17) is 9.47 Å². The number of dihydropyridines is 1. The Bertz CT molecular complexity index is 1230. The molecular weight excluding hydrogens is 440 g/mol. The Morgan fingerprint density at radius 2 is 1.76 bits per heavy atom. The number of urea groups is 1. The van der Waals surface area contributed by atoms with E-state index < -0.39 is 16.9 Å². The van der Waals surface area contributed by atoms with Crippen molar-refractivity contribution in [3.63, 3.8) is 0 Å². The summed E-state index contributed by atoms with van der Waals surface area (Å²) in [4.78, 5) is 42.5. The second-order valence-corrected chi connectivity index (χ2v) is 7.72. The summed E-state index contributed by atoms with van der Waals surface area (Å²) in [5, 5.41) is 10.9. The number of ether oxygens (including phenoxy) is 2. The van der Waals surface area contributed by atoms with E-state index in [-0.39, 0.29) is 24.7 Å². The van der Waals surface area contributed by atoms with Crippen LogP contribution in [0.15, 0.2) is 59.6 Å². The predicted molar refractivity (Wildman–Crippen MR) is 124 cm³/mol. The van der Waals surface area contributed by atoms with Crippen molar-refractivity contribution in [1.82, 2.24) is 4.90 Å². The van der Waals surface area contributed by atoms with Crippen molar-refractivity contribution in [3.8, 4) is 11.5 Å². The molecule has 1 unspecified atom stereocenters. The number of fused-ring (bicyclic) bond motifs is 1. The first-order valence-electron chi connectivity index (χ1n) is 10.6. The van der Waals surface area contributed by atoms with Gasteiger partial charge in [0.15, 0.2) is 17.4 Å². The lowest BCUT2D eigenvalue weighted by Crippen LogP contribution is -2.54. The second-order valence-electron chi connectivity index (χ2n) is 7.72. The summed E-state index contributed by atoms with van der Waals surface area (Å²) in [7, 11) is 3.10. The zero-order valence-corrected chi connectivity index (χ0v) is 18.7. The first-order chi connectivity index (χ1) is 16.4. The molecule has 2 aliphatic rings. The average Bonchev–Trinajstić information content (AvgIpc) is 2.86. The number of carbonyl (C=O) groups excluding carboxylic acids is 2. The molecule has 10 heteroatoms. The minimum absolute atomic E-state index is 0.0374. The molecule has 0 aliphatic carbocycles. The molecule has 2 aliphatic heterocycles. The van der Waals surface area contributed by atoms with Crippen molar-refractivity contribution in [2.45, 2.75) is 13.0 Å². The lowest BCUT2D eigenvalue weighted by atomic mass is 10.0. The minimum Gasteiger partial charge on any atom is -0.493 e. The van der Waals surface area contributed by atoms with Gasteiger partial charge in [0, 0.05) is 18.6 Å². The Labute approximate surface area is 195 Å². The standard InChI is InChI=1S/C24H23N4O6/c1-33-20-10-7-16(14-21(20)34-2)11-13-26-23(29)19-4-3-12-25-22(19)27(24(26)30)15-17-5-8-18(9-6-17)28(31)32/h3-10,12,14,19H,11,13,15H2,1-2H3/q+1. The van der Waals surface area contributed by atoms with Crippen LogP contribution in [0.1, 0.15) is 11.1 Å². The summed E-state index contributed by atoms with van der Waals surface area (Å²) in [6.45, 7) is 0.305. The highest BCUT2D eigenvalue weighted by molar-refractivity contribution is 6.14. The molecule has 0 fully saturated rings. The number of aliphatic imine (C=N–C) groups is 1. The third kappa shape index (κ3) is 4.42. The summed E-state index contributed by atoms with van der Waals surface area (Å²) >= 11 is 0. The van der Waals surface area contributed by atoms with Gasteiger partial charge >= 0.3 is 11.9 Å². The van der Waals surface area contributed by atoms with E-state index in [9.17, 15) is 19.7 Å². The fourth-order valence-corrected chi connectivity index (χ4v) is 3.92. The molecule has 10 nitrogen and oxygen atoms in total. The monoisotopic (exact) mass is 463 g/mol. The number of hydrogen-bond acceptors (Lipinski definition) is 7. The number of rotatable bonds is 8. The van der Waals surface area contributed by atoms with Crippen LogP contribution in [-0.4, -0.2) is 59.2 Å².